The average Bonchev–Trinajstić information content (AvgIpc) is 2.84. The Morgan fingerprint density at radius 1 is 1.08 bits per heavy atom. The lowest BCUT2D eigenvalue weighted by Crippen LogP contribution is -2.25. The maximum Gasteiger partial charge on any atom is 0.283 e. The van der Waals surface area contributed by atoms with Crippen molar-refractivity contribution < 1.29 is 13.2 Å². The maximum atomic E-state index is 12.8. The summed E-state index contributed by atoms with van der Waals surface area (Å²) in [6.07, 6.45) is 0.633. The molecule has 0 amide bonds. The van der Waals surface area contributed by atoms with Gasteiger partial charge in [0.1, 0.15) is 0 Å². The number of anilines is 1. The number of benzene rings is 2. The monoisotopic (exact) mass is 341 g/mol. The molecule has 4 rings (SSSR count). The number of carbonyl (C=O) groups excluding carboxylic acids is 1. The molecule has 0 fully saturated rings. The predicted molar refractivity (Wildman–Crippen MR) is 90.1 cm³/mol. The van der Waals surface area contributed by atoms with E-state index in [4.69, 9.17) is 0 Å². The highest BCUT2D eigenvalue weighted by atomic mass is 32.2. The van der Waals surface area contributed by atoms with Crippen LogP contribution in [0.5, 0.6) is 0 Å². The van der Waals surface area contributed by atoms with Crippen LogP contribution in [-0.4, -0.2) is 26.5 Å². The number of sulfonamides is 1. The lowest BCUT2D eigenvalue weighted by molar-refractivity contribution is 0.103. The number of nitrogens with zero attached hydrogens (tertiary/aromatic N) is 2. The van der Waals surface area contributed by atoms with Gasteiger partial charge in [-0.25, -0.2) is 0 Å². The second kappa shape index (κ2) is 4.99. The molecular weight excluding hydrogens is 328 g/mol. The molecule has 0 aromatic heterocycles. The average molecular weight is 341 g/mol. The SMILES string of the molecule is CCCN([O-])c1cccc2c1C1=NS(=O)(=O)c3cccc(c31)C2=O. The molecule has 1 heterocycles. The van der Waals surface area contributed by atoms with Gasteiger partial charge in [-0.3, -0.25) is 4.79 Å². The van der Waals surface area contributed by atoms with E-state index in [1.807, 2.05) is 6.92 Å². The Morgan fingerprint density at radius 2 is 1.75 bits per heavy atom. The molecule has 0 N–H and O–H groups in total. The van der Waals surface area contributed by atoms with Crippen molar-refractivity contribution in [1.82, 2.24) is 0 Å². The van der Waals surface area contributed by atoms with Gasteiger partial charge in [0, 0.05) is 34.5 Å². The topological polar surface area (TPSA) is 89.9 Å². The quantitative estimate of drug-likeness (QED) is 0.683. The minimum atomic E-state index is -3.86. The molecule has 1 aliphatic carbocycles. The summed E-state index contributed by atoms with van der Waals surface area (Å²) in [6, 6.07) is 9.39. The molecule has 24 heavy (non-hydrogen) atoms. The van der Waals surface area contributed by atoms with Crippen LogP contribution in [0, 0.1) is 5.21 Å². The standard InChI is InChI=1S/C17H13N2O4S/c1-2-9-19(21)12-7-3-5-10-14(12)16-15-11(17(10)20)6-4-8-13(15)24(22,23)18-16/h3-8H,2,9H2,1H3/q-1. The van der Waals surface area contributed by atoms with E-state index >= 15 is 0 Å². The predicted octanol–water partition coefficient (Wildman–Crippen LogP) is 2.48. The van der Waals surface area contributed by atoms with Crippen molar-refractivity contribution in [3.8, 4) is 0 Å². The summed E-state index contributed by atoms with van der Waals surface area (Å²) in [7, 11) is -3.86. The minimum Gasteiger partial charge on any atom is -0.758 e. The van der Waals surface area contributed by atoms with Crippen LogP contribution in [-0.2, 0) is 10.0 Å². The zero-order chi connectivity index (χ0) is 17.1. The molecule has 2 aromatic rings. The highest BCUT2D eigenvalue weighted by molar-refractivity contribution is 7.90. The summed E-state index contributed by atoms with van der Waals surface area (Å²) >= 11 is 0. The molecule has 0 atom stereocenters. The smallest absolute Gasteiger partial charge is 0.283 e. The maximum absolute atomic E-state index is 12.8. The molecule has 2 aliphatic rings. The number of ketones is 1. The van der Waals surface area contributed by atoms with Crippen LogP contribution < -0.4 is 5.06 Å². The van der Waals surface area contributed by atoms with E-state index in [1.165, 1.54) is 12.1 Å². The Hall–Kier alpha value is -2.51. The van der Waals surface area contributed by atoms with Crippen LogP contribution in [0.4, 0.5) is 5.69 Å². The first-order chi connectivity index (χ1) is 11.5. The largest absolute Gasteiger partial charge is 0.758 e. The van der Waals surface area contributed by atoms with Gasteiger partial charge in [-0.15, -0.1) is 0 Å². The number of rotatable bonds is 3. The van der Waals surface area contributed by atoms with E-state index in [0.717, 1.165) is 5.06 Å². The Balaban J connectivity index is 2.08. The zero-order valence-electron chi connectivity index (χ0n) is 12.8. The molecule has 2 aromatic carbocycles. The summed E-state index contributed by atoms with van der Waals surface area (Å²) in [5, 5.41) is 13.2. The van der Waals surface area contributed by atoms with Gasteiger partial charge >= 0.3 is 0 Å². The molecular formula is C17H13N2O4S-. The minimum absolute atomic E-state index is 0.0248. The van der Waals surface area contributed by atoms with E-state index < -0.39 is 10.0 Å². The zero-order valence-corrected chi connectivity index (χ0v) is 13.6. The third kappa shape index (κ3) is 1.88. The number of hydrogen-bond donors (Lipinski definition) is 0. The van der Waals surface area contributed by atoms with Crippen molar-refractivity contribution in [2.24, 2.45) is 4.40 Å². The van der Waals surface area contributed by atoms with Gasteiger partial charge in [0.05, 0.1) is 10.6 Å². The van der Waals surface area contributed by atoms with Crippen molar-refractivity contribution in [2.45, 2.75) is 18.2 Å². The highest BCUT2D eigenvalue weighted by Crippen LogP contribution is 2.40. The summed E-state index contributed by atoms with van der Waals surface area (Å²) in [5.74, 6) is -0.287. The Labute approximate surface area is 139 Å². The number of hydroxylamine groups is 1. The fourth-order valence-electron chi connectivity index (χ4n) is 3.22. The number of carbonyl (C=O) groups is 1. The van der Waals surface area contributed by atoms with E-state index in [-0.39, 0.29) is 28.6 Å². The lowest BCUT2D eigenvalue weighted by atomic mass is 9.82. The van der Waals surface area contributed by atoms with Crippen molar-refractivity contribution >= 4 is 27.2 Å². The van der Waals surface area contributed by atoms with Gasteiger partial charge < -0.3 is 10.3 Å². The molecule has 0 spiro atoms. The van der Waals surface area contributed by atoms with E-state index in [9.17, 15) is 18.4 Å². The van der Waals surface area contributed by atoms with Crippen molar-refractivity contribution in [3.05, 3.63) is 63.9 Å². The molecule has 1 aliphatic heterocycles. The second-order valence-electron chi connectivity index (χ2n) is 5.72. The van der Waals surface area contributed by atoms with Gasteiger partial charge in [0.15, 0.2) is 5.78 Å². The van der Waals surface area contributed by atoms with Crippen LogP contribution in [0.3, 0.4) is 0 Å². The van der Waals surface area contributed by atoms with Gasteiger partial charge in [-0.2, -0.15) is 12.8 Å². The third-order valence-corrected chi connectivity index (χ3v) is 5.54. The molecule has 0 radical (unpaired) electrons. The third-order valence-electron chi connectivity index (χ3n) is 4.22. The van der Waals surface area contributed by atoms with Crippen LogP contribution in [0.25, 0.3) is 0 Å². The van der Waals surface area contributed by atoms with E-state index in [1.54, 1.807) is 24.3 Å². The van der Waals surface area contributed by atoms with E-state index in [2.05, 4.69) is 4.40 Å². The Morgan fingerprint density at radius 3 is 2.46 bits per heavy atom. The molecule has 0 saturated heterocycles. The summed E-state index contributed by atoms with van der Waals surface area (Å²) in [6.45, 7) is 2.12. The van der Waals surface area contributed by atoms with Gasteiger partial charge in [-0.05, 0) is 18.6 Å². The van der Waals surface area contributed by atoms with Crippen LogP contribution in [0.15, 0.2) is 45.7 Å². The molecule has 122 valence electrons. The van der Waals surface area contributed by atoms with Crippen LogP contribution >= 0.6 is 0 Å². The molecule has 0 saturated carbocycles. The van der Waals surface area contributed by atoms with Crippen molar-refractivity contribution in [1.29, 1.82) is 0 Å². The highest BCUT2D eigenvalue weighted by Gasteiger charge is 2.39. The number of fused-ring (bicyclic) bond motifs is 2. The molecule has 0 bridgehead atoms. The summed E-state index contributed by atoms with van der Waals surface area (Å²) in [4.78, 5) is 12.8. The summed E-state index contributed by atoms with van der Waals surface area (Å²) < 4.78 is 28.5. The first kappa shape index (κ1) is 15.0. The molecule has 0 unspecified atom stereocenters. The first-order valence-electron chi connectivity index (χ1n) is 7.57. The number of hydrogen-bond acceptors (Lipinski definition) is 5. The second-order valence-corrected chi connectivity index (χ2v) is 7.30. The van der Waals surface area contributed by atoms with Crippen LogP contribution in [0.1, 0.15) is 40.4 Å². The van der Waals surface area contributed by atoms with Gasteiger partial charge in [-0.1, -0.05) is 31.2 Å². The lowest BCUT2D eigenvalue weighted by Gasteiger charge is -2.34. The first-order valence-corrected chi connectivity index (χ1v) is 9.01. The Kier molecular flexibility index (Phi) is 3.13. The van der Waals surface area contributed by atoms with E-state index in [0.29, 0.717) is 28.7 Å². The summed E-state index contributed by atoms with van der Waals surface area (Å²) in [5.41, 5.74) is 1.72. The van der Waals surface area contributed by atoms with Gasteiger partial charge in [0.2, 0.25) is 0 Å². The van der Waals surface area contributed by atoms with Crippen molar-refractivity contribution in [2.75, 3.05) is 11.6 Å². The van der Waals surface area contributed by atoms with Gasteiger partial charge in [0.25, 0.3) is 10.0 Å². The van der Waals surface area contributed by atoms with Crippen molar-refractivity contribution in [3.63, 3.8) is 0 Å². The Bertz CT molecular complexity index is 1020. The normalized spacial score (nSPS) is 16.4. The fourth-order valence-corrected chi connectivity index (χ4v) is 4.46. The fraction of sp³-hybridized carbons (Fsp3) is 0.176. The van der Waals surface area contributed by atoms with Crippen LogP contribution in [0.2, 0.25) is 0 Å². The molecule has 7 heteroatoms. The molecule has 6 nitrogen and oxygen atoms in total.